The van der Waals surface area contributed by atoms with Crippen LogP contribution in [0.5, 0.6) is 0 Å². The van der Waals surface area contributed by atoms with Crippen LogP contribution in [0.25, 0.3) is 0 Å². The smallest absolute Gasteiger partial charge is 0.319 e. The number of carbonyl (C=O) groups excluding carboxylic acids is 2. The first-order valence-corrected chi connectivity index (χ1v) is 6.58. The standard InChI is InChI=1S/C13H22N2O5/c1-8-6-15(7-10(8)11(16)17)13(19)14(3)5-9(2)12(18)20-4/h8-10H,5-7H2,1-4H3,(H,16,17)/t8-,9?,10-/m1/s1. The van der Waals surface area contributed by atoms with Gasteiger partial charge in [-0.05, 0) is 5.92 Å². The first kappa shape index (κ1) is 16.3. The normalized spacial score (nSPS) is 23.3. The van der Waals surface area contributed by atoms with Crippen molar-refractivity contribution in [1.82, 2.24) is 9.80 Å². The van der Waals surface area contributed by atoms with Gasteiger partial charge < -0.3 is 19.6 Å². The number of methoxy groups -OCH3 is 1. The number of carbonyl (C=O) groups is 3. The largest absolute Gasteiger partial charge is 0.481 e. The Hall–Kier alpha value is -1.79. The lowest BCUT2D eigenvalue weighted by molar-refractivity contribution is -0.145. The molecule has 1 saturated heterocycles. The van der Waals surface area contributed by atoms with Crippen LogP contribution in [0.2, 0.25) is 0 Å². The predicted molar refractivity (Wildman–Crippen MR) is 71.1 cm³/mol. The van der Waals surface area contributed by atoms with Crippen molar-refractivity contribution in [2.75, 3.05) is 33.8 Å². The van der Waals surface area contributed by atoms with Gasteiger partial charge in [0.15, 0.2) is 0 Å². The van der Waals surface area contributed by atoms with Gasteiger partial charge >= 0.3 is 18.0 Å². The molecule has 0 aromatic rings. The highest BCUT2D eigenvalue weighted by atomic mass is 16.5. The van der Waals surface area contributed by atoms with Crippen LogP contribution in [0, 0.1) is 17.8 Å². The van der Waals surface area contributed by atoms with Crippen LogP contribution in [0.3, 0.4) is 0 Å². The lowest BCUT2D eigenvalue weighted by atomic mass is 9.99. The molecule has 1 heterocycles. The number of hydrogen-bond acceptors (Lipinski definition) is 4. The van der Waals surface area contributed by atoms with Gasteiger partial charge in [-0.3, -0.25) is 9.59 Å². The van der Waals surface area contributed by atoms with Crippen LogP contribution in [0.15, 0.2) is 0 Å². The second-order valence-electron chi connectivity index (χ2n) is 5.41. The molecule has 2 amide bonds. The van der Waals surface area contributed by atoms with Crippen LogP contribution >= 0.6 is 0 Å². The summed E-state index contributed by atoms with van der Waals surface area (Å²) in [6.07, 6.45) is 0. The Bertz CT molecular complexity index is 398. The zero-order valence-electron chi connectivity index (χ0n) is 12.3. The van der Waals surface area contributed by atoms with Crippen LogP contribution in [0.4, 0.5) is 4.79 Å². The lowest BCUT2D eigenvalue weighted by Gasteiger charge is -2.26. The zero-order chi connectivity index (χ0) is 15.4. The third kappa shape index (κ3) is 3.61. The van der Waals surface area contributed by atoms with E-state index >= 15 is 0 Å². The second kappa shape index (κ2) is 6.58. The summed E-state index contributed by atoms with van der Waals surface area (Å²) in [5.74, 6) is -2.25. The molecule has 0 aromatic heterocycles. The fourth-order valence-corrected chi connectivity index (χ4v) is 2.45. The molecule has 0 saturated carbocycles. The van der Waals surface area contributed by atoms with Gasteiger partial charge in [0.05, 0.1) is 18.9 Å². The number of ether oxygens (including phenoxy) is 1. The van der Waals surface area contributed by atoms with Crippen molar-refractivity contribution >= 4 is 18.0 Å². The minimum absolute atomic E-state index is 0.0668. The summed E-state index contributed by atoms with van der Waals surface area (Å²) < 4.78 is 4.62. The molecule has 0 radical (unpaired) electrons. The van der Waals surface area contributed by atoms with E-state index in [1.807, 2.05) is 6.92 Å². The quantitative estimate of drug-likeness (QED) is 0.760. The number of amides is 2. The maximum absolute atomic E-state index is 12.2. The minimum Gasteiger partial charge on any atom is -0.481 e. The average molecular weight is 286 g/mol. The first-order chi connectivity index (χ1) is 9.27. The molecule has 0 bridgehead atoms. The van der Waals surface area contributed by atoms with E-state index in [1.54, 1.807) is 14.0 Å². The number of aliphatic carboxylic acids is 1. The average Bonchev–Trinajstić information content (AvgIpc) is 2.78. The first-order valence-electron chi connectivity index (χ1n) is 6.58. The molecule has 7 nitrogen and oxygen atoms in total. The van der Waals surface area contributed by atoms with Gasteiger partial charge in [-0.2, -0.15) is 0 Å². The highest BCUT2D eigenvalue weighted by Crippen LogP contribution is 2.24. The van der Waals surface area contributed by atoms with E-state index in [9.17, 15) is 14.4 Å². The Labute approximate surface area is 118 Å². The summed E-state index contributed by atoms with van der Waals surface area (Å²) in [6, 6.07) is -0.253. The van der Waals surface area contributed by atoms with Crippen molar-refractivity contribution in [3.05, 3.63) is 0 Å². The topological polar surface area (TPSA) is 87.2 Å². The Morgan fingerprint density at radius 2 is 2.00 bits per heavy atom. The monoisotopic (exact) mass is 286 g/mol. The highest BCUT2D eigenvalue weighted by molar-refractivity contribution is 5.78. The van der Waals surface area contributed by atoms with Crippen molar-refractivity contribution in [3.63, 3.8) is 0 Å². The van der Waals surface area contributed by atoms with Gasteiger partial charge in [-0.25, -0.2) is 4.79 Å². The molecule has 0 aliphatic carbocycles. The van der Waals surface area contributed by atoms with Gasteiger partial charge in [-0.1, -0.05) is 13.8 Å². The summed E-state index contributed by atoms with van der Waals surface area (Å²) in [4.78, 5) is 37.5. The SMILES string of the molecule is COC(=O)C(C)CN(C)C(=O)N1C[C@@H](C)[C@H](C(=O)O)C1. The van der Waals surface area contributed by atoms with Crippen LogP contribution in [-0.4, -0.2) is 66.7 Å². The minimum atomic E-state index is -0.876. The number of carboxylic acids is 1. The van der Waals surface area contributed by atoms with E-state index in [0.717, 1.165) is 0 Å². The van der Waals surface area contributed by atoms with Crippen molar-refractivity contribution in [2.45, 2.75) is 13.8 Å². The van der Waals surface area contributed by atoms with E-state index in [-0.39, 0.29) is 31.0 Å². The summed E-state index contributed by atoms with van der Waals surface area (Å²) in [6.45, 7) is 4.39. The van der Waals surface area contributed by atoms with Crippen LogP contribution < -0.4 is 0 Å². The second-order valence-corrected chi connectivity index (χ2v) is 5.41. The Morgan fingerprint density at radius 3 is 2.45 bits per heavy atom. The maximum Gasteiger partial charge on any atom is 0.319 e. The molecule has 1 unspecified atom stereocenters. The zero-order valence-corrected chi connectivity index (χ0v) is 12.3. The third-order valence-electron chi connectivity index (χ3n) is 3.68. The van der Waals surface area contributed by atoms with Crippen LogP contribution in [0.1, 0.15) is 13.8 Å². The van der Waals surface area contributed by atoms with Gasteiger partial charge in [-0.15, -0.1) is 0 Å². The van der Waals surface area contributed by atoms with E-state index < -0.39 is 17.8 Å². The number of nitrogens with zero attached hydrogens (tertiary/aromatic N) is 2. The summed E-state index contributed by atoms with van der Waals surface area (Å²) in [5.41, 5.74) is 0. The third-order valence-corrected chi connectivity index (χ3v) is 3.68. The van der Waals surface area contributed by atoms with Crippen molar-refractivity contribution in [1.29, 1.82) is 0 Å². The molecule has 0 spiro atoms. The summed E-state index contributed by atoms with van der Waals surface area (Å²) >= 11 is 0. The number of hydrogen-bond donors (Lipinski definition) is 1. The summed E-state index contributed by atoms with van der Waals surface area (Å²) in [5, 5.41) is 9.06. The molecule has 20 heavy (non-hydrogen) atoms. The van der Waals surface area contributed by atoms with Crippen molar-refractivity contribution < 1.29 is 24.2 Å². The van der Waals surface area contributed by atoms with E-state index in [0.29, 0.717) is 6.54 Å². The van der Waals surface area contributed by atoms with Gasteiger partial charge in [0.2, 0.25) is 0 Å². The predicted octanol–water partition coefficient (Wildman–Crippen LogP) is 0.500. The number of likely N-dealkylation sites (tertiary alicyclic amines) is 1. The Kier molecular flexibility index (Phi) is 5.35. The molecule has 1 aliphatic heterocycles. The van der Waals surface area contributed by atoms with E-state index in [1.165, 1.54) is 16.9 Å². The highest BCUT2D eigenvalue weighted by Gasteiger charge is 2.38. The van der Waals surface area contributed by atoms with Gasteiger partial charge in [0.25, 0.3) is 0 Å². The van der Waals surface area contributed by atoms with Crippen LogP contribution in [-0.2, 0) is 14.3 Å². The summed E-state index contributed by atoms with van der Waals surface area (Å²) in [7, 11) is 2.90. The molecule has 1 N–H and O–H groups in total. The molecule has 1 aliphatic rings. The van der Waals surface area contributed by atoms with Gasteiger partial charge in [0.1, 0.15) is 0 Å². The molecule has 7 heteroatoms. The number of esters is 1. The number of carboxylic acid groups (broad SMARTS) is 1. The molecule has 1 rings (SSSR count). The molecular formula is C13H22N2O5. The van der Waals surface area contributed by atoms with Gasteiger partial charge in [0, 0.05) is 26.7 Å². The van der Waals surface area contributed by atoms with Crippen molar-refractivity contribution in [2.24, 2.45) is 17.8 Å². The number of rotatable bonds is 4. The lowest BCUT2D eigenvalue weighted by Crippen LogP contribution is -2.43. The molecule has 0 aromatic carbocycles. The number of urea groups is 1. The molecular weight excluding hydrogens is 264 g/mol. The van der Waals surface area contributed by atoms with E-state index in [2.05, 4.69) is 4.74 Å². The Morgan fingerprint density at radius 1 is 1.40 bits per heavy atom. The fraction of sp³-hybridized carbons (Fsp3) is 0.769. The maximum atomic E-state index is 12.2. The fourth-order valence-electron chi connectivity index (χ4n) is 2.45. The van der Waals surface area contributed by atoms with Crippen molar-refractivity contribution in [3.8, 4) is 0 Å². The molecule has 114 valence electrons. The Balaban J connectivity index is 2.58. The molecule has 1 fully saturated rings. The molecule has 3 atom stereocenters. The van der Waals surface area contributed by atoms with E-state index in [4.69, 9.17) is 5.11 Å².